The van der Waals surface area contributed by atoms with E-state index in [1.165, 1.54) is 11.5 Å². The van der Waals surface area contributed by atoms with Gasteiger partial charge in [0.25, 0.3) is 0 Å². The standard InChI is InChI=1S/C12H16S7/c13-1-7-3-16-11(18-7)9-5-15-6-10(9)12-17-4-8(2-14)19-12/h5-8,11-14H,1-4H2. The molecule has 4 unspecified atom stereocenters. The Morgan fingerprint density at radius 1 is 0.895 bits per heavy atom. The van der Waals surface area contributed by atoms with Crippen molar-refractivity contribution in [3.05, 3.63) is 21.9 Å². The molecule has 2 aliphatic heterocycles. The zero-order chi connectivity index (χ0) is 13.2. The van der Waals surface area contributed by atoms with Crippen molar-refractivity contribution >= 4 is 83.6 Å². The van der Waals surface area contributed by atoms with Crippen LogP contribution >= 0.6 is 83.6 Å². The average Bonchev–Trinajstić information content (AvgIpc) is 3.16. The lowest BCUT2D eigenvalue weighted by molar-refractivity contribution is 1.17. The molecule has 2 saturated heterocycles. The molecule has 2 fully saturated rings. The topological polar surface area (TPSA) is 0 Å². The Labute approximate surface area is 147 Å². The molecule has 0 saturated carbocycles. The van der Waals surface area contributed by atoms with E-state index in [2.05, 4.69) is 83.1 Å². The molecule has 1 aromatic heterocycles. The molecular weight excluding hydrogens is 369 g/mol. The van der Waals surface area contributed by atoms with Gasteiger partial charge in [0.2, 0.25) is 0 Å². The van der Waals surface area contributed by atoms with Gasteiger partial charge in [-0.3, -0.25) is 0 Å². The second-order valence-electron chi connectivity index (χ2n) is 4.49. The Hall–Kier alpha value is 1.80. The summed E-state index contributed by atoms with van der Waals surface area (Å²) in [4.78, 5) is 0. The maximum atomic E-state index is 4.44. The first kappa shape index (κ1) is 15.7. The molecule has 19 heavy (non-hydrogen) atoms. The van der Waals surface area contributed by atoms with Crippen LogP contribution < -0.4 is 0 Å². The highest BCUT2D eigenvalue weighted by Crippen LogP contribution is 2.56. The van der Waals surface area contributed by atoms with Gasteiger partial charge in [-0.2, -0.15) is 36.6 Å². The highest BCUT2D eigenvalue weighted by atomic mass is 32.2. The largest absolute Gasteiger partial charge is 0.178 e. The van der Waals surface area contributed by atoms with Crippen molar-refractivity contribution < 1.29 is 0 Å². The summed E-state index contributed by atoms with van der Waals surface area (Å²) in [7, 11) is 0. The van der Waals surface area contributed by atoms with Crippen molar-refractivity contribution in [2.75, 3.05) is 23.0 Å². The van der Waals surface area contributed by atoms with Gasteiger partial charge in [-0.25, -0.2) is 0 Å². The first-order valence-electron chi connectivity index (χ1n) is 6.13. The van der Waals surface area contributed by atoms with Crippen LogP contribution in [-0.2, 0) is 0 Å². The molecule has 0 spiro atoms. The minimum atomic E-state index is 0.634. The second-order valence-corrected chi connectivity index (χ2v) is 11.7. The molecule has 106 valence electrons. The third kappa shape index (κ3) is 3.59. The van der Waals surface area contributed by atoms with Gasteiger partial charge >= 0.3 is 0 Å². The third-order valence-corrected chi connectivity index (χ3v) is 11.9. The highest BCUT2D eigenvalue weighted by molar-refractivity contribution is 8.20. The normalized spacial score (nSPS) is 35.1. The summed E-state index contributed by atoms with van der Waals surface area (Å²) in [5.74, 6) is 4.50. The van der Waals surface area contributed by atoms with Crippen molar-refractivity contribution in [2.24, 2.45) is 0 Å². The molecule has 1 aromatic rings. The van der Waals surface area contributed by atoms with Gasteiger partial charge in [0.05, 0.1) is 9.16 Å². The number of rotatable bonds is 4. The molecule has 0 radical (unpaired) electrons. The van der Waals surface area contributed by atoms with Crippen LogP contribution in [0.5, 0.6) is 0 Å². The number of thiol groups is 2. The van der Waals surface area contributed by atoms with Crippen molar-refractivity contribution in [2.45, 2.75) is 19.7 Å². The van der Waals surface area contributed by atoms with Crippen LogP contribution in [0.25, 0.3) is 0 Å². The maximum Gasteiger partial charge on any atom is 0.0766 e. The van der Waals surface area contributed by atoms with Gasteiger partial charge < -0.3 is 0 Å². The maximum absolute atomic E-state index is 4.44. The van der Waals surface area contributed by atoms with Crippen LogP contribution in [0.2, 0.25) is 0 Å². The van der Waals surface area contributed by atoms with Crippen molar-refractivity contribution in [3.63, 3.8) is 0 Å². The molecule has 0 bridgehead atoms. The predicted molar refractivity (Wildman–Crippen MR) is 105 cm³/mol. The predicted octanol–water partition coefficient (Wildman–Crippen LogP) is 5.30. The molecule has 2 aliphatic rings. The van der Waals surface area contributed by atoms with Crippen LogP contribution in [0.4, 0.5) is 0 Å². The van der Waals surface area contributed by atoms with E-state index in [4.69, 9.17) is 0 Å². The first-order valence-corrected chi connectivity index (χ1v) is 12.3. The lowest BCUT2D eigenvalue weighted by Gasteiger charge is -2.14. The first-order chi connectivity index (χ1) is 9.31. The molecule has 4 atom stereocenters. The van der Waals surface area contributed by atoms with E-state index in [9.17, 15) is 0 Å². The van der Waals surface area contributed by atoms with Crippen LogP contribution in [0, 0.1) is 0 Å². The van der Waals surface area contributed by atoms with Crippen molar-refractivity contribution in [3.8, 4) is 0 Å². The highest BCUT2D eigenvalue weighted by Gasteiger charge is 2.33. The number of thioether (sulfide) groups is 4. The van der Waals surface area contributed by atoms with E-state index in [1.54, 1.807) is 11.1 Å². The smallest absolute Gasteiger partial charge is 0.0766 e. The Balaban J connectivity index is 1.72. The van der Waals surface area contributed by atoms with Gasteiger partial charge in [0.15, 0.2) is 0 Å². The summed E-state index contributed by atoms with van der Waals surface area (Å²) in [6, 6.07) is 0. The molecule has 0 aromatic carbocycles. The minimum Gasteiger partial charge on any atom is -0.178 e. The Bertz CT molecular complexity index is 381. The lowest BCUT2D eigenvalue weighted by Crippen LogP contribution is -2.01. The van der Waals surface area contributed by atoms with Gasteiger partial charge in [-0.15, -0.1) is 47.0 Å². The lowest BCUT2D eigenvalue weighted by atomic mass is 10.2. The Morgan fingerprint density at radius 2 is 1.37 bits per heavy atom. The van der Waals surface area contributed by atoms with E-state index >= 15 is 0 Å². The van der Waals surface area contributed by atoms with Crippen molar-refractivity contribution in [1.82, 2.24) is 0 Å². The van der Waals surface area contributed by atoms with E-state index in [-0.39, 0.29) is 0 Å². The summed E-state index contributed by atoms with van der Waals surface area (Å²) in [5, 5.41) is 6.19. The molecule has 0 nitrogen and oxygen atoms in total. The molecule has 0 N–H and O–H groups in total. The fourth-order valence-corrected chi connectivity index (χ4v) is 11.0. The summed E-state index contributed by atoms with van der Waals surface area (Å²) in [6.45, 7) is 0. The minimum absolute atomic E-state index is 0.634. The Morgan fingerprint density at radius 3 is 1.74 bits per heavy atom. The molecular formula is C12H16S7. The van der Waals surface area contributed by atoms with E-state index in [1.807, 2.05) is 11.3 Å². The molecule has 3 rings (SSSR count). The fourth-order valence-electron chi connectivity index (χ4n) is 2.11. The zero-order valence-electron chi connectivity index (χ0n) is 10.2. The summed E-state index contributed by atoms with van der Waals surface area (Å²) in [6.07, 6.45) is 0. The number of hydrogen-bond donors (Lipinski definition) is 2. The quantitative estimate of drug-likeness (QED) is 0.675. The van der Waals surface area contributed by atoms with E-state index < -0.39 is 0 Å². The SMILES string of the molecule is SCC1CSC(c2cscc2C2SCC(CS)S2)S1. The van der Waals surface area contributed by atoms with Crippen LogP contribution in [-0.4, -0.2) is 33.5 Å². The number of hydrogen-bond acceptors (Lipinski definition) is 7. The van der Waals surface area contributed by atoms with Crippen molar-refractivity contribution in [1.29, 1.82) is 0 Å². The van der Waals surface area contributed by atoms with Crippen LogP contribution in [0.3, 0.4) is 0 Å². The summed E-state index contributed by atoms with van der Waals surface area (Å²) in [5.41, 5.74) is 3.16. The van der Waals surface area contributed by atoms with Gasteiger partial charge in [0, 0.05) is 33.5 Å². The van der Waals surface area contributed by atoms with E-state index in [0.29, 0.717) is 9.16 Å². The molecule has 0 aliphatic carbocycles. The van der Waals surface area contributed by atoms with E-state index in [0.717, 1.165) is 22.0 Å². The van der Waals surface area contributed by atoms with Crippen LogP contribution in [0.15, 0.2) is 10.8 Å². The summed E-state index contributed by atoms with van der Waals surface area (Å²) >= 11 is 19.2. The molecule has 0 amide bonds. The monoisotopic (exact) mass is 384 g/mol. The Kier molecular flexibility index (Phi) is 6.09. The second kappa shape index (κ2) is 7.38. The third-order valence-electron chi connectivity index (χ3n) is 3.14. The fraction of sp³-hybridized carbons (Fsp3) is 0.667. The number of thiophene rings is 1. The van der Waals surface area contributed by atoms with Gasteiger partial charge in [0.1, 0.15) is 0 Å². The zero-order valence-corrected chi connectivity index (χ0v) is 16.1. The van der Waals surface area contributed by atoms with Gasteiger partial charge in [-0.05, 0) is 21.9 Å². The molecule has 3 heterocycles. The average molecular weight is 385 g/mol. The van der Waals surface area contributed by atoms with Gasteiger partial charge in [-0.1, -0.05) is 0 Å². The summed E-state index contributed by atoms with van der Waals surface area (Å²) < 4.78 is 1.27. The van der Waals surface area contributed by atoms with Crippen LogP contribution in [0.1, 0.15) is 20.3 Å². The molecule has 7 heteroatoms.